The molecule has 3 heteroatoms. The van der Waals surface area contributed by atoms with Crippen LogP contribution in [-0.2, 0) is 9.47 Å². The van der Waals surface area contributed by atoms with Crippen molar-refractivity contribution in [2.45, 2.75) is 74.3 Å². The van der Waals surface area contributed by atoms with Gasteiger partial charge in [0.2, 0.25) is 0 Å². The second kappa shape index (κ2) is 6.53. The maximum absolute atomic E-state index is 6.36. The van der Waals surface area contributed by atoms with Gasteiger partial charge in [-0.1, -0.05) is 35.2 Å². The fourth-order valence-electron chi connectivity index (χ4n) is 3.29. The van der Waals surface area contributed by atoms with Crippen molar-refractivity contribution < 1.29 is 9.47 Å². The van der Waals surface area contributed by atoms with Crippen LogP contribution in [0, 0.1) is 0 Å². The van der Waals surface area contributed by atoms with Crippen LogP contribution in [-0.4, -0.2) is 30.2 Å². The average Bonchev–Trinajstić information content (AvgIpc) is 2.71. The van der Waals surface area contributed by atoms with Crippen molar-refractivity contribution in [3.8, 4) is 0 Å². The van der Waals surface area contributed by atoms with Crippen molar-refractivity contribution in [2.75, 3.05) is 13.7 Å². The molecule has 0 aromatic rings. The van der Waals surface area contributed by atoms with E-state index in [2.05, 4.69) is 15.9 Å². The third-order valence-corrected chi connectivity index (χ3v) is 4.97. The first-order valence-electron chi connectivity index (χ1n) is 7.05. The summed E-state index contributed by atoms with van der Waals surface area (Å²) in [7, 11) is 1.76. The van der Waals surface area contributed by atoms with E-state index < -0.39 is 0 Å². The molecule has 2 aliphatic rings. The number of ether oxygens (including phenoxy) is 2. The van der Waals surface area contributed by atoms with Crippen LogP contribution in [0.2, 0.25) is 0 Å². The van der Waals surface area contributed by atoms with E-state index in [1.807, 2.05) is 0 Å². The Morgan fingerprint density at radius 1 is 1.29 bits per heavy atom. The fourth-order valence-corrected chi connectivity index (χ4v) is 3.82. The normalized spacial score (nSPS) is 29.6. The lowest BCUT2D eigenvalue weighted by atomic mass is 9.83. The fraction of sp³-hybridized carbons (Fsp3) is 1.00. The van der Waals surface area contributed by atoms with E-state index in [1.165, 1.54) is 51.4 Å². The van der Waals surface area contributed by atoms with Crippen molar-refractivity contribution in [1.29, 1.82) is 0 Å². The van der Waals surface area contributed by atoms with Gasteiger partial charge in [0.15, 0.2) is 0 Å². The first kappa shape index (κ1) is 13.8. The van der Waals surface area contributed by atoms with E-state index in [1.54, 1.807) is 7.11 Å². The molecule has 2 fully saturated rings. The van der Waals surface area contributed by atoms with Crippen LogP contribution in [0.4, 0.5) is 0 Å². The Morgan fingerprint density at radius 2 is 2.06 bits per heavy atom. The summed E-state index contributed by atoms with van der Waals surface area (Å²) in [5.74, 6) is 0. The third kappa shape index (κ3) is 3.93. The number of hydrogen-bond acceptors (Lipinski definition) is 2. The van der Waals surface area contributed by atoms with Gasteiger partial charge in [0.1, 0.15) is 0 Å². The molecule has 1 saturated carbocycles. The Kier molecular flexibility index (Phi) is 5.31. The summed E-state index contributed by atoms with van der Waals surface area (Å²) >= 11 is 3.65. The lowest BCUT2D eigenvalue weighted by molar-refractivity contribution is -0.0661. The predicted octanol–water partition coefficient (Wildman–Crippen LogP) is 4.06. The van der Waals surface area contributed by atoms with Gasteiger partial charge in [-0.3, -0.25) is 0 Å². The molecule has 0 amide bonds. The minimum Gasteiger partial charge on any atom is -0.384 e. The van der Waals surface area contributed by atoms with Gasteiger partial charge >= 0.3 is 0 Å². The Morgan fingerprint density at radius 3 is 2.76 bits per heavy atom. The van der Waals surface area contributed by atoms with E-state index in [9.17, 15) is 0 Å². The predicted molar refractivity (Wildman–Crippen MR) is 73.7 cm³/mol. The van der Waals surface area contributed by atoms with Gasteiger partial charge in [0, 0.05) is 11.9 Å². The molecule has 2 nitrogen and oxygen atoms in total. The van der Waals surface area contributed by atoms with Crippen molar-refractivity contribution >= 4 is 15.9 Å². The van der Waals surface area contributed by atoms with Crippen LogP contribution in [0.5, 0.6) is 0 Å². The second-order valence-electron chi connectivity index (χ2n) is 5.65. The number of rotatable bonds is 5. The van der Waals surface area contributed by atoms with Gasteiger partial charge in [0.05, 0.1) is 18.3 Å². The number of alkyl halides is 1. The molecule has 1 saturated heterocycles. The van der Waals surface area contributed by atoms with Crippen molar-refractivity contribution in [3.05, 3.63) is 0 Å². The highest BCUT2D eigenvalue weighted by Gasteiger charge is 2.40. The molecule has 17 heavy (non-hydrogen) atoms. The minimum absolute atomic E-state index is 0.284. The SMILES string of the molecule is COCC(Br)CCC1CCC2(CCCCC2)O1. The largest absolute Gasteiger partial charge is 0.384 e. The quantitative estimate of drug-likeness (QED) is 0.713. The second-order valence-corrected chi connectivity index (χ2v) is 6.95. The molecule has 0 bridgehead atoms. The Hall–Kier alpha value is 0.400. The zero-order valence-corrected chi connectivity index (χ0v) is 12.5. The van der Waals surface area contributed by atoms with E-state index in [0.29, 0.717) is 10.9 Å². The van der Waals surface area contributed by atoms with E-state index in [4.69, 9.17) is 9.47 Å². The maximum Gasteiger partial charge on any atom is 0.0687 e. The Balaban J connectivity index is 1.70. The summed E-state index contributed by atoms with van der Waals surface area (Å²) in [6.45, 7) is 0.803. The van der Waals surface area contributed by atoms with Gasteiger partial charge in [-0.25, -0.2) is 0 Å². The molecule has 1 aliphatic carbocycles. The molecule has 0 radical (unpaired) electrons. The average molecular weight is 305 g/mol. The van der Waals surface area contributed by atoms with Crippen LogP contribution >= 0.6 is 15.9 Å². The van der Waals surface area contributed by atoms with Gasteiger partial charge < -0.3 is 9.47 Å². The van der Waals surface area contributed by atoms with Crippen molar-refractivity contribution in [2.24, 2.45) is 0 Å². The summed E-state index contributed by atoms with van der Waals surface area (Å²) in [6.07, 6.45) is 12.2. The summed E-state index contributed by atoms with van der Waals surface area (Å²) < 4.78 is 11.5. The summed E-state index contributed by atoms with van der Waals surface area (Å²) in [5.41, 5.74) is 0.284. The molecule has 100 valence electrons. The molecule has 0 N–H and O–H groups in total. The highest BCUT2D eigenvalue weighted by molar-refractivity contribution is 9.09. The zero-order valence-electron chi connectivity index (χ0n) is 10.9. The topological polar surface area (TPSA) is 18.5 Å². The monoisotopic (exact) mass is 304 g/mol. The Labute approximate surface area is 114 Å². The lowest BCUT2D eigenvalue weighted by Crippen LogP contribution is -2.31. The summed E-state index contributed by atoms with van der Waals surface area (Å²) in [6, 6.07) is 0. The summed E-state index contributed by atoms with van der Waals surface area (Å²) in [4.78, 5) is 0.485. The standard InChI is InChI=1S/C14H25BrO2/c1-16-11-12(15)5-6-13-7-10-14(17-13)8-3-2-4-9-14/h12-13H,2-11H2,1H3. The molecule has 0 aromatic heterocycles. The van der Waals surface area contributed by atoms with E-state index >= 15 is 0 Å². The van der Waals surface area contributed by atoms with Crippen molar-refractivity contribution in [1.82, 2.24) is 0 Å². The molecule has 2 unspecified atom stereocenters. The lowest BCUT2D eigenvalue weighted by Gasteiger charge is -2.33. The Bertz CT molecular complexity index is 226. The van der Waals surface area contributed by atoms with Gasteiger partial charge in [-0.2, -0.15) is 0 Å². The third-order valence-electron chi connectivity index (χ3n) is 4.25. The maximum atomic E-state index is 6.36. The molecule has 1 heterocycles. The van der Waals surface area contributed by atoms with Crippen LogP contribution in [0.15, 0.2) is 0 Å². The molecular weight excluding hydrogens is 280 g/mol. The van der Waals surface area contributed by atoms with E-state index in [-0.39, 0.29) is 5.60 Å². The van der Waals surface area contributed by atoms with Crippen LogP contribution in [0.3, 0.4) is 0 Å². The molecule has 2 rings (SSSR count). The van der Waals surface area contributed by atoms with Crippen LogP contribution < -0.4 is 0 Å². The van der Waals surface area contributed by atoms with Crippen molar-refractivity contribution in [3.63, 3.8) is 0 Å². The summed E-state index contributed by atoms with van der Waals surface area (Å²) in [5, 5.41) is 0. The smallest absolute Gasteiger partial charge is 0.0687 e. The van der Waals surface area contributed by atoms with Crippen LogP contribution in [0.1, 0.15) is 57.8 Å². The molecular formula is C14H25BrO2. The number of hydrogen-bond donors (Lipinski definition) is 0. The number of halogens is 1. The van der Waals surface area contributed by atoms with E-state index in [0.717, 1.165) is 13.0 Å². The first-order valence-corrected chi connectivity index (χ1v) is 7.96. The molecule has 2 atom stereocenters. The number of methoxy groups -OCH3 is 1. The highest BCUT2D eigenvalue weighted by Crippen LogP contribution is 2.43. The highest BCUT2D eigenvalue weighted by atomic mass is 79.9. The van der Waals surface area contributed by atoms with Gasteiger partial charge in [0.25, 0.3) is 0 Å². The molecule has 0 aromatic carbocycles. The van der Waals surface area contributed by atoms with Gasteiger partial charge in [-0.05, 0) is 38.5 Å². The van der Waals surface area contributed by atoms with Gasteiger partial charge in [-0.15, -0.1) is 0 Å². The zero-order chi connectivity index (χ0) is 12.1. The minimum atomic E-state index is 0.284. The molecule has 1 aliphatic heterocycles. The molecule has 1 spiro atoms. The first-order chi connectivity index (χ1) is 8.24. The van der Waals surface area contributed by atoms with Crippen LogP contribution in [0.25, 0.3) is 0 Å².